The molecule has 0 atom stereocenters. The number of nitrogens with two attached hydrogens (primary N) is 1. The maximum Gasteiger partial charge on any atom is 0.268 e. The highest BCUT2D eigenvalue weighted by atomic mass is 79.9. The van der Waals surface area contributed by atoms with Crippen LogP contribution in [0.25, 0.3) is 0 Å². The molecular formula is C13H13BrFN3O. The normalized spacial score (nSPS) is 10.5. The van der Waals surface area contributed by atoms with Crippen molar-refractivity contribution in [3.8, 4) is 0 Å². The van der Waals surface area contributed by atoms with Crippen LogP contribution in [-0.4, -0.2) is 10.5 Å². The van der Waals surface area contributed by atoms with E-state index >= 15 is 0 Å². The molecule has 0 aliphatic heterocycles. The van der Waals surface area contributed by atoms with Crippen LogP contribution in [0.5, 0.6) is 0 Å². The molecule has 0 saturated heterocycles. The van der Waals surface area contributed by atoms with E-state index in [4.69, 9.17) is 5.73 Å². The van der Waals surface area contributed by atoms with Gasteiger partial charge in [0.1, 0.15) is 11.5 Å². The minimum absolute atomic E-state index is 0.120. The molecule has 0 aliphatic rings. The summed E-state index contributed by atoms with van der Waals surface area (Å²) in [6, 6.07) is 6.17. The molecule has 0 unspecified atom stereocenters. The monoisotopic (exact) mass is 325 g/mol. The van der Waals surface area contributed by atoms with Crippen molar-refractivity contribution < 1.29 is 9.18 Å². The topological polar surface area (TPSA) is 60.0 Å². The van der Waals surface area contributed by atoms with Crippen LogP contribution in [0.1, 0.15) is 16.1 Å². The number of hydrogen-bond donors (Lipinski definition) is 2. The molecular weight excluding hydrogens is 313 g/mol. The van der Waals surface area contributed by atoms with E-state index in [1.54, 1.807) is 36.0 Å². The van der Waals surface area contributed by atoms with Crippen molar-refractivity contribution in [1.29, 1.82) is 0 Å². The van der Waals surface area contributed by atoms with Crippen molar-refractivity contribution >= 4 is 27.5 Å². The third-order valence-corrected chi connectivity index (χ3v) is 3.20. The summed E-state index contributed by atoms with van der Waals surface area (Å²) in [4.78, 5) is 11.9. The second kappa shape index (κ2) is 5.44. The lowest BCUT2D eigenvalue weighted by molar-refractivity contribution is 0.0942. The second-order valence-corrected chi connectivity index (χ2v) is 5.10. The van der Waals surface area contributed by atoms with E-state index in [0.717, 1.165) is 4.47 Å². The molecule has 2 rings (SSSR count). The van der Waals surface area contributed by atoms with Gasteiger partial charge in [-0.25, -0.2) is 4.39 Å². The van der Waals surface area contributed by atoms with Crippen LogP contribution in [0, 0.1) is 5.82 Å². The number of carbonyl (C=O) groups is 1. The number of nitrogen functional groups attached to an aromatic ring is 1. The molecule has 1 aromatic heterocycles. The molecule has 6 heteroatoms. The molecule has 0 spiro atoms. The van der Waals surface area contributed by atoms with Crippen LogP contribution >= 0.6 is 15.9 Å². The van der Waals surface area contributed by atoms with Crippen LogP contribution in [0.4, 0.5) is 10.1 Å². The molecule has 0 aliphatic carbocycles. The SMILES string of the molecule is Cn1cc(N)cc1C(=O)NCc1cc(Br)ccc1F. The van der Waals surface area contributed by atoms with E-state index in [9.17, 15) is 9.18 Å². The Kier molecular flexibility index (Phi) is 3.90. The Bertz CT molecular complexity index is 624. The highest BCUT2D eigenvalue weighted by molar-refractivity contribution is 9.10. The van der Waals surface area contributed by atoms with Gasteiger partial charge in [-0.1, -0.05) is 15.9 Å². The van der Waals surface area contributed by atoms with Crippen LogP contribution < -0.4 is 11.1 Å². The first-order valence-electron chi connectivity index (χ1n) is 5.61. The molecule has 0 fully saturated rings. The standard InChI is InChI=1S/C13H13BrFN3O/c1-18-7-10(16)5-12(18)13(19)17-6-8-4-9(14)2-3-11(8)15/h2-5,7H,6,16H2,1H3,(H,17,19). The molecule has 3 N–H and O–H groups in total. The van der Waals surface area contributed by atoms with Gasteiger partial charge in [0, 0.05) is 29.8 Å². The summed E-state index contributed by atoms with van der Waals surface area (Å²) in [6.07, 6.45) is 1.65. The number of rotatable bonds is 3. The predicted molar refractivity (Wildman–Crippen MR) is 75.1 cm³/mol. The number of aryl methyl sites for hydroxylation is 1. The quantitative estimate of drug-likeness (QED) is 0.910. The fourth-order valence-electron chi connectivity index (χ4n) is 1.76. The van der Waals surface area contributed by atoms with Crippen LogP contribution in [0.15, 0.2) is 34.9 Å². The molecule has 19 heavy (non-hydrogen) atoms. The van der Waals surface area contributed by atoms with Crippen molar-refractivity contribution in [1.82, 2.24) is 9.88 Å². The summed E-state index contributed by atoms with van der Waals surface area (Å²) in [5, 5.41) is 2.66. The molecule has 1 aromatic carbocycles. The van der Waals surface area contributed by atoms with E-state index in [2.05, 4.69) is 21.2 Å². The Morgan fingerprint density at radius 1 is 1.47 bits per heavy atom. The molecule has 0 radical (unpaired) electrons. The van der Waals surface area contributed by atoms with Crippen LogP contribution in [-0.2, 0) is 13.6 Å². The highest BCUT2D eigenvalue weighted by Gasteiger charge is 2.11. The van der Waals surface area contributed by atoms with E-state index in [1.165, 1.54) is 6.07 Å². The first-order valence-corrected chi connectivity index (χ1v) is 6.40. The zero-order valence-electron chi connectivity index (χ0n) is 10.3. The zero-order valence-corrected chi connectivity index (χ0v) is 11.9. The fourth-order valence-corrected chi connectivity index (χ4v) is 2.17. The third kappa shape index (κ3) is 3.14. The van der Waals surface area contributed by atoms with Gasteiger partial charge in [-0.3, -0.25) is 4.79 Å². The molecule has 1 amide bonds. The number of carbonyl (C=O) groups excluding carboxylic acids is 1. The first kappa shape index (κ1) is 13.6. The van der Waals surface area contributed by atoms with Crippen LogP contribution in [0.3, 0.4) is 0 Å². The van der Waals surface area contributed by atoms with Gasteiger partial charge in [-0.15, -0.1) is 0 Å². The number of hydrogen-bond acceptors (Lipinski definition) is 2. The summed E-state index contributed by atoms with van der Waals surface area (Å²) in [6.45, 7) is 0.120. The number of halogens is 2. The third-order valence-electron chi connectivity index (χ3n) is 2.71. The Morgan fingerprint density at radius 2 is 2.21 bits per heavy atom. The summed E-state index contributed by atoms with van der Waals surface area (Å²) in [5.41, 5.74) is 6.98. The van der Waals surface area contributed by atoms with Gasteiger partial charge in [0.25, 0.3) is 5.91 Å². The van der Waals surface area contributed by atoms with E-state index in [0.29, 0.717) is 16.9 Å². The lowest BCUT2D eigenvalue weighted by Crippen LogP contribution is -2.25. The van der Waals surface area contributed by atoms with Gasteiger partial charge < -0.3 is 15.6 Å². The number of amides is 1. The Balaban J connectivity index is 2.08. The van der Waals surface area contributed by atoms with Crippen molar-refractivity contribution in [2.75, 3.05) is 5.73 Å². The number of nitrogens with one attached hydrogen (secondary N) is 1. The van der Waals surface area contributed by atoms with Crippen molar-refractivity contribution in [3.63, 3.8) is 0 Å². The van der Waals surface area contributed by atoms with Gasteiger partial charge in [-0.2, -0.15) is 0 Å². The van der Waals surface area contributed by atoms with Crippen molar-refractivity contribution in [2.45, 2.75) is 6.54 Å². The zero-order chi connectivity index (χ0) is 14.0. The lowest BCUT2D eigenvalue weighted by atomic mass is 10.2. The largest absolute Gasteiger partial charge is 0.397 e. The molecule has 1 heterocycles. The number of nitrogens with zero attached hydrogens (tertiary/aromatic N) is 1. The Labute approximate surface area is 118 Å². The summed E-state index contributed by atoms with van der Waals surface area (Å²) in [5.74, 6) is -0.645. The summed E-state index contributed by atoms with van der Waals surface area (Å²) in [7, 11) is 1.73. The van der Waals surface area contributed by atoms with Crippen molar-refractivity contribution in [3.05, 3.63) is 52.0 Å². The maximum absolute atomic E-state index is 13.5. The first-order chi connectivity index (χ1) is 8.97. The molecule has 0 saturated carbocycles. The van der Waals surface area contributed by atoms with E-state index in [1.807, 2.05) is 0 Å². The highest BCUT2D eigenvalue weighted by Crippen LogP contribution is 2.15. The predicted octanol–water partition coefficient (Wildman–Crippen LogP) is 2.44. The van der Waals surface area contributed by atoms with Gasteiger partial charge in [-0.05, 0) is 24.3 Å². The van der Waals surface area contributed by atoms with Crippen molar-refractivity contribution in [2.24, 2.45) is 7.05 Å². The Morgan fingerprint density at radius 3 is 2.84 bits per heavy atom. The van der Waals surface area contributed by atoms with Gasteiger partial charge in [0.15, 0.2) is 0 Å². The molecule has 4 nitrogen and oxygen atoms in total. The van der Waals surface area contributed by atoms with Gasteiger partial charge >= 0.3 is 0 Å². The number of anilines is 1. The average Bonchev–Trinajstić information content (AvgIpc) is 2.69. The molecule has 0 bridgehead atoms. The lowest BCUT2D eigenvalue weighted by Gasteiger charge is -2.07. The maximum atomic E-state index is 13.5. The minimum atomic E-state index is -0.352. The number of aromatic nitrogens is 1. The van der Waals surface area contributed by atoms with Crippen LogP contribution in [0.2, 0.25) is 0 Å². The second-order valence-electron chi connectivity index (χ2n) is 4.19. The average molecular weight is 326 g/mol. The summed E-state index contributed by atoms with van der Waals surface area (Å²) >= 11 is 3.26. The minimum Gasteiger partial charge on any atom is -0.397 e. The summed E-state index contributed by atoms with van der Waals surface area (Å²) < 4.78 is 15.9. The van der Waals surface area contributed by atoms with Gasteiger partial charge in [0.05, 0.1) is 5.69 Å². The van der Waals surface area contributed by atoms with Gasteiger partial charge in [0.2, 0.25) is 0 Å². The molecule has 100 valence electrons. The number of benzene rings is 1. The fraction of sp³-hybridized carbons (Fsp3) is 0.154. The van der Waals surface area contributed by atoms with E-state index < -0.39 is 0 Å². The molecule has 2 aromatic rings. The van der Waals surface area contributed by atoms with E-state index in [-0.39, 0.29) is 18.3 Å². The smallest absolute Gasteiger partial charge is 0.268 e. The Hall–Kier alpha value is -1.82.